The van der Waals surface area contributed by atoms with Crippen LogP contribution in [0.5, 0.6) is 0 Å². The van der Waals surface area contributed by atoms with E-state index in [1.807, 2.05) is 0 Å². The van der Waals surface area contributed by atoms with Gasteiger partial charge >= 0.3 is 37.7 Å². The van der Waals surface area contributed by atoms with E-state index in [2.05, 4.69) is 13.8 Å². The van der Waals surface area contributed by atoms with Crippen molar-refractivity contribution in [3.63, 3.8) is 0 Å². The molecule has 1 atom stereocenters. The van der Waals surface area contributed by atoms with E-state index in [0.717, 1.165) is 38.5 Å². The van der Waals surface area contributed by atoms with Crippen LogP contribution in [-0.4, -0.2) is 30.2 Å². The maximum Gasteiger partial charge on any atom is 1.00 e. The van der Waals surface area contributed by atoms with Gasteiger partial charge < -0.3 is 19.8 Å². The fourth-order valence-electron chi connectivity index (χ4n) is 6.60. The van der Waals surface area contributed by atoms with Crippen LogP contribution in [0.15, 0.2) is 0 Å². The van der Waals surface area contributed by atoms with Crippen LogP contribution in [-0.2, 0) is 19.7 Å². The standard InChI is InChI=1S/C36H70O7S.2Li/c1-3-5-7-9-11-13-15-17-19-21-23-25-27-29-31-36(35(39)40,33(34(37)38)44(41,42)43)32-30-28-26-24-22-20-18-16-14-12-10-8-6-4-2;;/h33H,3-32H2,1-2H3,(H,37,38)(H,39,40)(H,41,42,43);;/q;2*+1/p-2. The molecule has 0 saturated carbocycles. The van der Waals surface area contributed by atoms with Crippen LogP contribution in [0, 0.1) is 5.41 Å². The first-order valence-corrected chi connectivity index (χ1v) is 20.0. The molecule has 0 aromatic carbocycles. The monoisotopic (exact) mass is 659 g/mol. The van der Waals surface area contributed by atoms with Crippen molar-refractivity contribution >= 4 is 22.1 Å². The van der Waals surface area contributed by atoms with Crippen molar-refractivity contribution in [1.82, 2.24) is 0 Å². The summed E-state index contributed by atoms with van der Waals surface area (Å²) in [5, 5.41) is 21.7. The summed E-state index contributed by atoms with van der Waals surface area (Å²) >= 11 is 0. The van der Waals surface area contributed by atoms with Gasteiger partial charge in [-0.15, -0.1) is 0 Å². The molecule has 262 valence electrons. The first-order chi connectivity index (χ1) is 21.1. The third-order valence-corrected chi connectivity index (χ3v) is 10.6. The maximum absolute atomic E-state index is 12.4. The molecular formula is C36H68Li2O7S. The molecule has 0 heterocycles. The summed E-state index contributed by atoms with van der Waals surface area (Å²) in [5.41, 5.74) is -2.19. The molecule has 0 radical (unpaired) electrons. The van der Waals surface area contributed by atoms with Gasteiger partial charge in [0.2, 0.25) is 0 Å². The summed E-state index contributed by atoms with van der Waals surface area (Å²) in [6.07, 6.45) is 30.8. The fraction of sp³-hybridized carbons (Fsp3) is 0.944. The zero-order chi connectivity index (χ0) is 32.9. The summed E-state index contributed by atoms with van der Waals surface area (Å²) in [4.78, 5) is 24.2. The van der Waals surface area contributed by atoms with E-state index in [-0.39, 0.29) is 50.6 Å². The number of unbranched alkanes of at least 4 members (excludes halogenated alkanes) is 26. The van der Waals surface area contributed by atoms with Crippen LogP contribution in [0.2, 0.25) is 0 Å². The number of carbonyl (C=O) groups excluding carboxylic acids is 2. The Morgan fingerprint density at radius 1 is 0.500 bits per heavy atom. The van der Waals surface area contributed by atoms with Gasteiger partial charge in [-0.05, 0) is 12.8 Å². The number of carbonyl (C=O) groups is 2. The predicted octanol–water partition coefficient (Wildman–Crippen LogP) is 2.48. The van der Waals surface area contributed by atoms with Gasteiger partial charge in [-0.2, -0.15) is 8.42 Å². The number of carboxylic acids is 2. The third kappa shape index (κ3) is 26.0. The Bertz CT molecular complexity index is 776. The van der Waals surface area contributed by atoms with Gasteiger partial charge in [0.05, 0.1) is 5.97 Å². The van der Waals surface area contributed by atoms with Crippen LogP contribution in [0.4, 0.5) is 0 Å². The zero-order valence-electron chi connectivity index (χ0n) is 30.6. The molecule has 0 saturated heterocycles. The van der Waals surface area contributed by atoms with Crippen LogP contribution in [0.3, 0.4) is 0 Å². The molecule has 0 aliphatic rings. The molecule has 0 rings (SSSR count). The van der Waals surface area contributed by atoms with E-state index in [1.165, 1.54) is 116 Å². The first-order valence-electron chi connectivity index (χ1n) is 18.5. The van der Waals surface area contributed by atoms with E-state index >= 15 is 0 Å². The Balaban J connectivity index is -0.00000924. The van der Waals surface area contributed by atoms with Gasteiger partial charge in [-0.1, -0.05) is 194 Å². The van der Waals surface area contributed by atoms with Gasteiger partial charge in [0.25, 0.3) is 10.1 Å². The Morgan fingerprint density at radius 2 is 0.717 bits per heavy atom. The molecule has 0 fully saturated rings. The summed E-state index contributed by atoms with van der Waals surface area (Å²) in [6, 6.07) is 0. The Labute approximate surface area is 308 Å². The molecule has 0 aliphatic heterocycles. The van der Waals surface area contributed by atoms with Crippen molar-refractivity contribution in [2.75, 3.05) is 0 Å². The van der Waals surface area contributed by atoms with Gasteiger partial charge in [0.15, 0.2) is 0 Å². The fourth-order valence-corrected chi connectivity index (χ4v) is 7.75. The van der Waals surface area contributed by atoms with E-state index in [4.69, 9.17) is 0 Å². The molecule has 0 bridgehead atoms. The van der Waals surface area contributed by atoms with Crippen LogP contribution >= 0.6 is 0 Å². The maximum atomic E-state index is 12.4. The third-order valence-electron chi connectivity index (χ3n) is 9.37. The number of hydrogen-bond donors (Lipinski definition) is 1. The number of aliphatic carboxylic acids is 2. The summed E-state index contributed by atoms with van der Waals surface area (Å²) in [5.74, 6) is -3.80. The van der Waals surface area contributed by atoms with Gasteiger partial charge in [0, 0.05) is 11.4 Å². The van der Waals surface area contributed by atoms with Gasteiger partial charge in [0.1, 0.15) is 5.25 Å². The second-order valence-electron chi connectivity index (χ2n) is 13.4. The predicted molar refractivity (Wildman–Crippen MR) is 178 cm³/mol. The van der Waals surface area contributed by atoms with E-state index in [0.29, 0.717) is 25.7 Å². The molecule has 0 aliphatic carbocycles. The molecule has 0 aromatic rings. The minimum Gasteiger partial charge on any atom is -0.549 e. The smallest absolute Gasteiger partial charge is 0.549 e. The Hall–Kier alpha value is 0.0448. The van der Waals surface area contributed by atoms with Crippen molar-refractivity contribution in [3.05, 3.63) is 0 Å². The molecule has 0 amide bonds. The second kappa shape index (κ2) is 33.5. The van der Waals surface area contributed by atoms with Crippen molar-refractivity contribution in [2.24, 2.45) is 5.41 Å². The molecule has 1 N–H and O–H groups in total. The summed E-state index contributed by atoms with van der Waals surface area (Å²) in [6.45, 7) is 4.45. The normalized spacial score (nSPS) is 12.3. The molecule has 0 aromatic heterocycles. The van der Waals surface area contributed by atoms with E-state index in [9.17, 15) is 32.8 Å². The summed E-state index contributed by atoms with van der Waals surface area (Å²) in [7, 11) is -5.19. The zero-order valence-corrected chi connectivity index (χ0v) is 31.4. The minimum atomic E-state index is -5.19. The number of hydrogen-bond acceptors (Lipinski definition) is 6. The minimum absolute atomic E-state index is 0. The molecular weight excluding hydrogens is 590 g/mol. The second-order valence-corrected chi connectivity index (χ2v) is 14.9. The number of rotatable bonds is 34. The Kier molecular flexibility index (Phi) is 36.8. The van der Waals surface area contributed by atoms with Crippen molar-refractivity contribution in [3.8, 4) is 0 Å². The largest absolute Gasteiger partial charge is 1.00 e. The van der Waals surface area contributed by atoms with Crippen molar-refractivity contribution < 1.29 is 70.5 Å². The van der Waals surface area contributed by atoms with Crippen LogP contribution in [0.1, 0.15) is 206 Å². The number of carboxylic acid groups (broad SMARTS) is 2. The van der Waals surface area contributed by atoms with Crippen LogP contribution in [0.25, 0.3) is 0 Å². The average Bonchev–Trinajstić information content (AvgIpc) is 2.96. The van der Waals surface area contributed by atoms with Gasteiger partial charge in [-0.25, -0.2) is 0 Å². The topological polar surface area (TPSA) is 135 Å². The SMILES string of the molecule is CCCCCCCCCCCCCCCCC(CCCCCCCCCCCCCCCC)(C(=O)[O-])C(C(=O)[O-])S(=O)(=O)O.[Li+].[Li+]. The van der Waals surface area contributed by atoms with Crippen LogP contribution < -0.4 is 47.9 Å². The van der Waals surface area contributed by atoms with Gasteiger partial charge in [-0.3, -0.25) is 4.55 Å². The van der Waals surface area contributed by atoms with Crippen molar-refractivity contribution in [1.29, 1.82) is 0 Å². The molecule has 1 unspecified atom stereocenters. The average molecular weight is 659 g/mol. The molecule has 7 nitrogen and oxygen atoms in total. The van der Waals surface area contributed by atoms with E-state index in [1.54, 1.807) is 0 Å². The van der Waals surface area contributed by atoms with E-state index < -0.39 is 32.7 Å². The van der Waals surface area contributed by atoms with Crippen molar-refractivity contribution in [2.45, 2.75) is 212 Å². The first kappa shape index (κ1) is 50.4. The molecule has 10 heteroatoms. The molecule has 46 heavy (non-hydrogen) atoms. The quantitative estimate of drug-likeness (QED) is 0.0638. The molecule has 0 spiro atoms. The Morgan fingerprint density at radius 3 is 0.891 bits per heavy atom. The summed E-state index contributed by atoms with van der Waals surface area (Å²) < 4.78 is 33.8.